The van der Waals surface area contributed by atoms with Gasteiger partial charge in [0, 0.05) is 49.3 Å². The number of rotatable bonds is 7. The maximum atomic E-state index is 5.58. The van der Waals surface area contributed by atoms with Crippen molar-refractivity contribution < 1.29 is 0 Å². The molecule has 4 nitrogen and oxygen atoms in total. The molecule has 3 aromatic heterocycles. The van der Waals surface area contributed by atoms with Crippen LogP contribution in [0, 0.1) is 0 Å². The fraction of sp³-hybridized carbons (Fsp3) is 0. The van der Waals surface area contributed by atoms with E-state index < -0.39 is 0 Å². The molecule has 0 unspecified atom stereocenters. The van der Waals surface area contributed by atoms with Gasteiger partial charge in [0.2, 0.25) is 0 Å². The van der Waals surface area contributed by atoms with E-state index >= 15 is 0 Å². The van der Waals surface area contributed by atoms with Crippen molar-refractivity contribution in [1.82, 2.24) is 19.1 Å². The molecule has 0 saturated heterocycles. The van der Waals surface area contributed by atoms with Gasteiger partial charge in [0.1, 0.15) is 0 Å². The summed E-state index contributed by atoms with van der Waals surface area (Å²) in [5.74, 6) is 0. The molecular weight excluding hydrogens is 897 g/mol. The number of nitrogens with zero attached hydrogens (tertiary/aromatic N) is 4. The zero-order valence-corrected chi connectivity index (χ0v) is 40.2. The Bertz CT molecular complexity index is 4430. The normalized spacial score (nSPS) is 11.8. The fourth-order valence-corrected chi connectivity index (χ4v) is 11.6. The van der Waals surface area contributed by atoms with E-state index in [4.69, 9.17) is 9.97 Å². The minimum Gasteiger partial charge on any atom is -0.309 e. The highest BCUT2D eigenvalue weighted by Crippen LogP contribution is 2.41. The van der Waals surface area contributed by atoms with Crippen LogP contribution in [0.3, 0.4) is 0 Å². The molecule has 74 heavy (non-hydrogen) atoms. The highest BCUT2D eigenvalue weighted by molar-refractivity contribution is 6.23. The summed E-state index contributed by atoms with van der Waals surface area (Å²) >= 11 is 0. The highest BCUT2D eigenvalue weighted by atomic mass is 15.0. The number of hydrogen-bond acceptors (Lipinski definition) is 2. The van der Waals surface area contributed by atoms with Gasteiger partial charge in [-0.3, -0.25) is 4.98 Å². The lowest BCUT2D eigenvalue weighted by molar-refractivity contribution is 1.13. The minimum absolute atomic E-state index is 0.810. The van der Waals surface area contributed by atoms with E-state index in [9.17, 15) is 0 Å². The van der Waals surface area contributed by atoms with E-state index in [1.54, 1.807) is 0 Å². The summed E-state index contributed by atoms with van der Waals surface area (Å²) in [4.78, 5) is 10.8. The van der Waals surface area contributed by atoms with Gasteiger partial charge >= 0.3 is 0 Å². The van der Waals surface area contributed by atoms with Gasteiger partial charge in [-0.05, 0) is 110 Å². The SMILES string of the molecule is c1ccc(-c2ccc(-c3ccc4c(c3)c3ccccc3n4-c3cc(-c4cnc5c6ccccc6c6ccccc6c5n4)cc(-n4c5ccccc5c5cc(-c6ccc(-c7ccccc7)cc6)ccc54)c3)cc2)cc1. The molecule has 0 fully saturated rings. The molecule has 3 heterocycles. The molecule has 15 aromatic rings. The van der Waals surface area contributed by atoms with E-state index in [2.05, 4.69) is 270 Å². The van der Waals surface area contributed by atoms with Gasteiger partial charge in [-0.25, -0.2) is 4.98 Å². The monoisotopic (exact) mass is 940 g/mol. The van der Waals surface area contributed by atoms with Crippen molar-refractivity contribution in [2.75, 3.05) is 0 Å². The average Bonchev–Trinajstić information content (AvgIpc) is 4.00. The van der Waals surface area contributed by atoms with Crippen molar-refractivity contribution in [3.8, 4) is 67.1 Å². The van der Waals surface area contributed by atoms with Crippen LogP contribution >= 0.6 is 0 Å². The highest BCUT2D eigenvalue weighted by Gasteiger charge is 2.20. The van der Waals surface area contributed by atoms with Gasteiger partial charge in [0.05, 0.1) is 45.0 Å². The Hall–Kier alpha value is -9.90. The summed E-state index contributed by atoms with van der Waals surface area (Å²) in [5, 5.41) is 9.33. The van der Waals surface area contributed by atoms with E-state index in [1.165, 1.54) is 76.8 Å². The lowest BCUT2D eigenvalue weighted by Gasteiger charge is -2.16. The molecule has 0 bridgehead atoms. The topological polar surface area (TPSA) is 35.6 Å². The maximum absolute atomic E-state index is 5.58. The molecule has 0 N–H and O–H groups in total. The molecule has 0 amide bonds. The van der Waals surface area contributed by atoms with Crippen LogP contribution < -0.4 is 0 Å². The lowest BCUT2D eigenvalue weighted by atomic mass is 9.99. The molecular formula is C70H44N4. The number of para-hydroxylation sites is 2. The molecule has 0 aliphatic rings. The minimum atomic E-state index is 0.810. The number of aromatic nitrogens is 4. The molecule has 0 atom stereocenters. The summed E-state index contributed by atoms with van der Waals surface area (Å²) in [6.07, 6.45) is 1.97. The Kier molecular flexibility index (Phi) is 9.54. The lowest BCUT2D eigenvalue weighted by Crippen LogP contribution is -2.01. The van der Waals surface area contributed by atoms with Crippen LogP contribution in [0.2, 0.25) is 0 Å². The van der Waals surface area contributed by atoms with Crippen LogP contribution in [-0.2, 0) is 0 Å². The summed E-state index contributed by atoms with van der Waals surface area (Å²) in [5.41, 5.74) is 19.8. The molecule has 0 saturated carbocycles. The first-order chi connectivity index (χ1) is 36.7. The molecule has 344 valence electrons. The van der Waals surface area contributed by atoms with Crippen LogP contribution in [0.25, 0.3) is 143 Å². The van der Waals surface area contributed by atoms with Gasteiger partial charge in [-0.2, -0.15) is 0 Å². The summed E-state index contributed by atoms with van der Waals surface area (Å²) in [6, 6.07) is 94.6. The van der Waals surface area contributed by atoms with E-state index in [0.717, 1.165) is 66.5 Å². The number of fused-ring (bicyclic) bond motifs is 12. The van der Waals surface area contributed by atoms with Gasteiger partial charge in [0.25, 0.3) is 0 Å². The van der Waals surface area contributed by atoms with Crippen molar-refractivity contribution >= 4 is 76.2 Å². The summed E-state index contributed by atoms with van der Waals surface area (Å²) in [7, 11) is 0. The molecule has 12 aromatic carbocycles. The molecule has 0 aliphatic heterocycles. The van der Waals surface area contributed by atoms with Crippen molar-refractivity contribution in [1.29, 1.82) is 0 Å². The van der Waals surface area contributed by atoms with Gasteiger partial charge in [-0.1, -0.05) is 206 Å². The number of benzene rings is 12. The molecule has 0 radical (unpaired) electrons. The summed E-state index contributed by atoms with van der Waals surface area (Å²) < 4.78 is 4.87. The first-order valence-corrected chi connectivity index (χ1v) is 25.3. The van der Waals surface area contributed by atoms with Crippen LogP contribution in [0.15, 0.2) is 267 Å². The predicted molar refractivity (Wildman–Crippen MR) is 310 cm³/mol. The standard InChI is InChI=1S/C70H44N4/c1-3-15-45(16-4-1)47-27-31-49(32-28-47)51-35-37-67-62(41-51)58-21-11-13-25-65(58)73(67)54-39-53(64-44-71-69-60-23-9-7-19-56(60)57-20-8-10-24-61(57)70(69)72-64)40-55(43-54)74-66-26-14-12-22-59(66)63-42-52(36-38-68(63)74)50-33-29-48(30-34-50)46-17-5-2-6-18-46/h1-44H. The van der Waals surface area contributed by atoms with E-state index in [-0.39, 0.29) is 0 Å². The first-order valence-electron chi connectivity index (χ1n) is 25.3. The zero-order valence-electron chi connectivity index (χ0n) is 40.2. The third-order valence-corrected chi connectivity index (χ3v) is 15.1. The Morgan fingerprint density at radius 1 is 0.230 bits per heavy atom. The third-order valence-electron chi connectivity index (χ3n) is 15.1. The maximum Gasteiger partial charge on any atom is 0.0979 e. The van der Waals surface area contributed by atoms with Crippen molar-refractivity contribution in [2.45, 2.75) is 0 Å². The molecule has 0 aliphatic carbocycles. The zero-order chi connectivity index (χ0) is 48.7. The van der Waals surface area contributed by atoms with Crippen LogP contribution in [0.4, 0.5) is 0 Å². The van der Waals surface area contributed by atoms with Gasteiger partial charge in [-0.15, -0.1) is 0 Å². The van der Waals surface area contributed by atoms with Gasteiger partial charge in [0.15, 0.2) is 0 Å². The third kappa shape index (κ3) is 6.77. The van der Waals surface area contributed by atoms with E-state index in [0.29, 0.717) is 0 Å². The Labute approximate surface area is 427 Å². The second-order valence-electron chi connectivity index (χ2n) is 19.3. The smallest absolute Gasteiger partial charge is 0.0979 e. The van der Waals surface area contributed by atoms with Crippen molar-refractivity contribution in [3.63, 3.8) is 0 Å². The first kappa shape index (κ1) is 41.8. The molecule has 15 rings (SSSR count). The van der Waals surface area contributed by atoms with Crippen LogP contribution in [-0.4, -0.2) is 19.1 Å². The van der Waals surface area contributed by atoms with Crippen molar-refractivity contribution in [3.05, 3.63) is 267 Å². The fourth-order valence-electron chi connectivity index (χ4n) is 11.6. The quantitative estimate of drug-likeness (QED) is 0.149. The van der Waals surface area contributed by atoms with E-state index in [1.807, 2.05) is 6.20 Å². The number of hydrogen-bond donors (Lipinski definition) is 0. The van der Waals surface area contributed by atoms with Crippen LogP contribution in [0.1, 0.15) is 0 Å². The Morgan fingerprint density at radius 3 is 1.05 bits per heavy atom. The average molecular weight is 941 g/mol. The largest absolute Gasteiger partial charge is 0.309 e. The predicted octanol–water partition coefficient (Wildman–Crippen LogP) is 18.5. The second-order valence-corrected chi connectivity index (χ2v) is 19.3. The Balaban J connectivity index is 0.943. The Morgan fingerprint density at radius 2 is 0.581 bits per heavy atom. The molecule has 4 heteroatoms. The molecule has 0 spiro atoms. The second kappa shape index (κ2) is 16.9. The van der Waals surface area contributed by atoms with Crippen LogP contribution in [0.5, 0.6) is 0 Å². The summed E-state index contributed by atoms with van der Waals surface area (Å²) in [6.45, 7) is 0. The van der Waals surface area contributed by atoms with Crippen molar-refractivity contribution in [2.24, 2.45) is 0 Å². The van der Waals surface area contributed by atoms with Gasteiger partial charge < -0.3 is 9.13 Å².